The predicted molar refractivity (Wildman–Crippen MR) is 118 cm³/mol. The van der Waals surface area contributed by atoms with E-state index in [1.54, 1.807) is 0 Å². The minimum atomic E-state index is -1.72. The van der Waals surface area contributed by atoms with Crippen LogP contribution in [-0.2, 0) is 28.8 Å². The molecule has 0 spiro atoms. The van der Waals surface area contributed by atoms with Crippen molar-refractivity contribution in [1.82, 2.24) is 21.3 Å². The number of carbonyl (C=O) groups is 6. The number of hydrogen-bond acceptors (Lipinski definition) is 10. The van der Waals surface area contributed by atoms with Crippen molar-refractivity contribution in [3.05, 3.63) is 0 Å². The Balaban J connectivity index is 5.35. The first-order valence-electron chi connectivity index (χ1n) is 10.6. The van der Waals surface area contributed by atoms with E-state index >= 15 is 0 Å². The number of aliphatic hydroxyl groups is 3. The van der Waals surface area contributed by atoms with E-state index in [1.165, 1.54) is 13.8 Å². The SMILES string of the molecule is C[C@H](NC(=O)[C@@H](N)[C@@H](C)O)C(=O)N[C@@H](CO)C(=O)N[C@@H](CCC(N)=O)C(=O)N[C@H](C(=O)O)[C@@H](C)O. The van der Waals surface area contributed by atoms with Crippen LogP contribution in [0.3, 0.4) is 0 Å². The molecule has 0 bridgehead atoms. The van der Waals surface area contributed by atoms with Crippen LogP contribution >= 0.6 is 0 Å². The van der Waals surface area contributed by atoms with Gasteiger partial charge in [-0.1, -0.05) is 0 Å². The molecule has 16 heteroatoms. The summed E-state index contributed by atoms with van der Waals surface area (Å²) in [5, 5.41) is 46.1. The molecule has 35 heavy (non-hydrogen) atoms. The van der Waals surface area contributed by atoms with E-state index in [0.29, 0.717) is 0 Å². The lowest BCUT2D eigenvalue weighted by Crippen LogP contribution is -2.60. The Morgan fingerprint density at radius 3 is 1.71 bits per heavy atom. The third-order valence-electron chi connectivity index (χ3n) is 4.75. The van der Waals surface area contributed by atoms with Crippen molar-refractivity contribution in [3.63, 3.8) is 0 Å². The molecule has 0 aliphatic carbocycles. The number of aliphatic carboxylic acids is 1. The maximum atomic E-state index is 12.6. The number of carboxylic acid groups (broad SMARTS) is 1. The second-order valence-corrected chi connectivity index (χ2v) is 7.87. The van der Waals surface area contributed by atoms with E-state index in [4.69, 9.17) is 16.6 Å². The van der Waals surface area contributed by atoms with Gasteiger partial charge in [-0.15, -0.1) is 0 Å². The molecule has 200 valence electrons. The van der Waals surface area contributed by atoms with Crippen LogP contribution in [0.5, 0.6) is 0 Å². The van der Waals surface area contributed by atoms with E-state index in [1.807, 2.05) is 5.32 Å². The lowest BCUT2D eigenvalue weighted by molar-refractivity contribution is -0.145. The standard InChI is InChI=1S/C19H34N6O10/c1-7(22-18(33)13(21)8(2)27)15(30)24-11(6-26)17(32)23-10(4-5-12(20)29)16(31)25-14(9(3)28)19(34)35/h7-11,13-14,26-28H,4-6,21H2,1-3H3,(H2,20,29)(H,22,33)(H,23,32)(H,24,30)(H,25,31)(H,34,35)/t7-,8+,9+,10-,11-,13-,14-/m0/s1. The molecular formula is C19H34N6O10. The van der Waals surface area contributed by atoms with Crippen LogP contribution in [0.25, 0.3) is 0 Å². The Bertz CT molecular complexity index is 790. The summed E-state index contributed by atoms with van der Waals surface area (Å²) in [5.74, 6) is -6.28. The zero-order chi connectivity index (χ0) is 27.5. The Labute approximate surface area is 200 Å². The first-order valence-corrected chi connectivity index (χ1v) is 10.6. The lowest BCUT2D eigenvalue weighted by atomic mass is 10.1. The second kappa shape index (κ2) is 14.8. The number of primary amides is 1. The normalized spacial score (nSPS) is 16.9. The van der Waals surface area contributed by atoms with Gasteiger partial charge in [-0.3, -0.25) is 24.0 Å². The van der Waals surface area contributed by atoms with Crippen LogP contribution < -0.4 is 32.7 Å². The van der Waals surface area contributed by atoms with Gasteiger partial charge in [-0.05, 0) is 27.2 Å². The van der Waals surface area contributed by atoms with E-state index in [0.717, 1.165) is 6.92 Å². The summed E-state index contributed by atoms with van der Waals surface area (Å²) >= 11 is 0. The van der Waals surface area contributed by atoms with Crippen molar-refractivity contribution in [2.75, 3.05) is 6.61 Å². The topological polar surface area (TPSA) is 284 Å². The first kappa shape index (κ1) is 31.7. The van der Waals surface area contributed by atoms with Gasteiger partial charge in [-0.25, -0.2) is 4.79 Å². The maximum Gasteiger partial charge on any atom is 0.328 e. The van der Waals surface area contributed by atoms with Crippen LogP contribution in [0.15, 0.2) is 0 Å². The fourth-order valence-corrected chi connectivity index (χ4v) is 2.56. The molecule has 12 N–H and O–H groups in total. The van der Waals surface area contributed by atoms with Crippen LogP contribution in [0.1, 0.15) is 33.6 Å². The molecule has 7 atom stereocenters. The molecule has 0 fully saturated rings. The molecule has 0 saturated heterocycles. The molecule has 0 aliphatic heterocycles. The molecule has 0 aromatic heterocycles. The number of carbonyl (C=O) groups excluding carboxylic acids is 5. The molecule has 0 aromatic rings. The monoisotopic (exact) mass is 506 g/mol. The fourth-order valence-electron chi connectivity index (χ4n) is 2.56. The Kier molecular flexibility index (Phi) is 13.4. The average molecular weight is 507 g/mol. The number of nitrogens with two attached hydrogens (primary N) is 2. The van der Waals surface area contributed by atoms with Crippen molar-refractivity contribution in [2.45, 2.75) is 76.0 Å². The number of rotatable bonds is 15. The highest BCUT2D eigenvalue weighted by Crippen LogP contribution is 2.02. The highest BCUT2D eigenvalue weighted by Gasteiger charge is 2.32. The van der Waals surface area contributed by atoms with E-state index in [2.05, 4.69) is 16.0 Å². The second-order valence-electron chi connectivity index (χ2n) is 7.87. The summed E-state index contributed by atoms with van der Waals surface area (Å²) in [4.78, 5) is 71.6. The summed E-state index contributed by atoms with van der Waals surface area (Å²) < 4.78 is 0. The smallest absolute Gasteiger partial charge is 0.328 e. The van der Waals surface area contributed by atoms with Crippen molar-refractivity contribution in [3.8, 4) is 0 Å². The van der Waals surface area contributed by atoms with Crippen molar-refractivity contribution < 1.29 is 49.2 Å². The van der Waals surface area contributed by atoms with Crippen LogP contribution in [0.2, 0.25) is 0 Å². The van der Waals surface area contributed by atoms with Gasteiger partial charge in [0.15, 0.2) is 6.04 Å². The minimum Gasteiger partial charge on any atom is -0.480 e. The van der Waals surface area contributed by atoms with Gasteiger partial charge in [0.1, 0.15) is 24.2 Å². The van der Waals surface area contributed by atoms with Gasteiger partial charge in [0, 0.05) is 6.42 Å². The Morgan fingerprint density at radius 1 is 0.771 bits per heavy atom. The average Bonchev–Trinajstić information content (AvgIpc) is 2.76. The van der Waals surface area contributed by atoms with Crippen LogP contribution in [-0.4, -0.2) is 105 Å². The molecule has 0 unspecified atom stereocenters. The first-order chi connectivity index (χ1) is 16.1. The predicted octanol–water partition coefficient (Wildman–Crippen LogP) is -5.62. The fraction of sp³-hybridized carbons (Fsp3) is 0.684. The van der Waals surface area contributed by atoms with Crippen LogP contribution in [0.4, 0.5) is 0 Å². The highest BCUT2D eigenvalue weighted by atomic mass is 16.4. The Morgan fingerprint density at radius 2 is 1.29 bits per heavy atom. The van der Waals surface area contributed by atoms with Gasteiger partial charge >= 0.3 is 5.97 Å². The minimum absolute atomic E-state index is 0.352. The van der Waals surface area contributed by atoms with Gasteiger partial charge in [0.25, 0.3) is 0 Å². The third-order valence-corrected chi connectivity index (χ3v) is 4.75. The molecular weight excluding hydrogens is 472 g/mol. The molecule has 0 aliphatic rings. The van der Waals surface area contributed by atoms with Crippen LogP contribution in [0, 0.1) is 0 Å². The summed E-state index contributed by atoms with van der Waals surface area (Å²) in [6.07, 6.45) is -3.42. The lowest BCUT2D eigenvalue weighted by Gasteiger charge is -2.25. The summed E-state index contributed by atoms with van der Waals surface area (Å²) in [5.41, 5.74) is 10.5. The molecule has 0 rings (SSSR count). The Hall–Kier alpha value is -3.34. The van der Waals surface area contributed by atoms with Crippen molar-refractivity contribution in [1.29, 1.82) is 0 Å². The molecule has 0 heterocycles. The molecule has 0 aromatic carbocycles. The zero-order valence-electron chi connectivity index (χ0n) is 19.6. The summed E-state index contributed by atoms with van der Waals surface area (Å²) in [6.45, 7) is 2.70. The zero-order valence-corrected chi connectivity index (χ0v) is 19.6. The number of aliphatic hydroxyl groups excluding tert-OH is 3. The van der Waals surface area contributed by atoms with Crippen molar-refractivity contribution >= 4 is 35.5 Å². The van der Waals surface area contributed by atoms with Gasteiger partial charge in [0.05, 0.1) is 18.8 Å². The van der Waals surface area contributed by atoms with E-state index in [-0.39, 0.29) is 12.8 Å². The number of carboxylic acids is 1. The quantitative estimate of drug-likeness (QED) is 0.0998. The summed E-state index contributed by atoms with van der Waals surface area (Å²) in [7, 11) is 0. The molecule has 0 radical (unpaired) electrons. The third kappa shape index (κ3) is 11.1. The number of hydrogen-bond donors (Lipinski definition) is 10. The number of nitrogens with one attached hydrogen (secondary N) is 4. The summed E-state index contributed by atoms with van der Waals surface area (Å²) in [6, 6.07) is -7.39. The number of amides is 5. The molecule has 0 saturated carbocycles. The van der Waals surface area contributed by atoms with E-state index < -0.39 is 84.5 Å². The van der Waals surface area contributed by atoms with Gasteiger partial charge in [-0.2, -0.15) is 0 Å². The van der Waals surface area contributed by atoms with Crippen molar-refractivity contribution in [2.24, 2.45) is 11.5 Å². The largest absolute Gasteiger partial charge is 0.480 e. The van der Waals surface area contributed by atoms with Gasteiger partial charge < -0.3 is 53.2 Å². The molecule has 5 amide bonds. The maximum absolute atomic E-state index is 12.6. The highest BCUT2D eigenvalue weighted by molar-refractivity contribution is 5.95. The van der Waals surface area contributed by atoms with Gasteiger partial charge in [0.2, 0.25) is 29.5 Å². The molecule has 16 nitrogen and oxygen atoms in total. The van der Waals surface area contributed by atoms with E-state index in [9.17, 15) is 44.1 Å².